The third-order valence-electron chi connectivity index (χ3n) is 5.00. The minimum atomic E-state index is -0.278. The van der Waals surface area contributed by atoms with Crippen molar-refractivity contribution in [1.82, 2.24) is 16.2 Å². The zero-order valence-electron chi connectivity index (χ0n) is 19.9. The molecule has 1 heterocycles. The Balaban J connectivity index is 0.000000213. The van der Waals surface area contributed by atoms with Crippen LogP contribution in [0.3, 0.4) is 0 Å². The molecule has 9 heteroatoms. The number of rotatable bonds is 7. The Morgan fingerprint density at radius 3 is 2.24 bits per heavy atom. The molecule has 0 spiro atoms. The van der Waals surface area contributed by atoms with Crippen LogP contribution in [0.2, 0.25) is 0 Å². The van der Waals surface area contributed by atoms with Gasteiger partial charge in [-0.3, -0.25) is 19.8 Å². The minimum absolute atomic E-state index is 0.102. The number of carbonyl (C=O) groups is 3. The standard InChI is InChI=1S/C16H13BrN2O2.C12H11NOS2/c17-14-8-6-13(7-9-14)16(21)19-18-11-10-15(20)12-4-2-1-3-5-12;1-2-8-3-5-9(6-4-8)7-10-11(14)13-12(15)16-10/h1-11,18H,(H,19,21);3-7H,2H2,1H3,(H,13,14,15). The summed E-state index contributed by atoms with van der Waals surface area (Å²) in [4.78, 5) is 35.6. The third-order valence-corrected chi connectivity index (χ3v) is 6.69. The number of amides is 2. The van der Waals surface area contributed by atoms with Gasteiger partial charge >= 0.3 is 0 Å². The predicted molar refractivity (Wildman–Crippen MR) is 157 cm³/mol. The van der Waals surface area contributed by atoms with Gasteiger partial charge in [-0.05, 0) is 47.9 Å². The van der Waals surface area contributed by atoms with E-state index in [9.17, 15) is 14.4 Å². The highest BCUT2D eigenvalue weighted by Gasteiger charge is 2.21. The molecule has 1 saturated heterocycles. The molecule has 1 aliphatic heterocycles. The molecule has 2 amide bonds. The van der Waals surface area contributed by atoms with Crippen LogP contribution in [-0.4, -0.2) is 21.9 Å². The Morgan fingerprint density at radius 1 is 0.973 bits per heavy atom. The molecule has 188 valence electrons. The molecule has 3 aromatic carbocycles. The molecule has 0 radical (unpaired) electrons. The quantitative estimate of drug-likeness (QED) is 0.138. The molecule has 0 aliphatic carbocycles. The van der Waals surface area contributed by atoms with E-state index in [2.05, 4.69) is 51.2 Å². The highest BCUT2D eigenvalue weighted by atomic mass is 79.9. The number of thiocarbonyl (C=S) groups is 1. The topological polar surface area (TPSA) is 87.3 Å². The maximum absolute atomic E-state index is 11.8. The molecule has 3 N–H and O–H groups in total. The summed E-state index contributed by atoms with van der Waals surface area (Å²) in [7, 11) is 0. The van der Waals surface area contributed by atoms with E-state index < -0.39 is 0 Å². The first kappa shape index (κ1) is 28.0. The minimum Gasteiger partial charge on any atom is -0.307 e. The second kappa shape index (κ2) is 14.3. The smallest absolute Gasteiger partial charge is 0.269 e. The maximum atomic E-state index is 11.8. The summed E-state index contributed by atoms with van der Waals surface area (Å²) in [6.45, 7) is 2.12. The van der Waals surface area contributed by atoms with Crippen molar-refractivity contribution in [1.29, 1.82) is 0 Å². The van der Waals surface area contributed by atoms with Crippen molar-refractivity contribution in [2.45, 2.75) is 13.3 Å². The Morgan fingerprint density at radius 2 is 1.65 bits per heavy atom. The van der Waals surface area contributed by atoms with E-state index in [1.165, 1.54) is 29.6 Å². The van der Waals surface area contributed by atoms with Crippen LogP contribution in [0.25, 0.3) is 6.08 Å². The van der Waals surface area contributed by atoms with E-state index in [4.69, 9.17) is 12.2 Å². The van der Waals surface area contributed by atoms with E-state index in [0.717, 1.165) is 16.5 Å². The molecule has 4 rings (SSSR count). The van der Waals surface area contributed by atoms with Gasteiger partial charge in [0.1, 0.15) is 4.32 Å². The normalized spacial score (nSPS) is 13.6. The van der Waals surface area contributed by atoms with Crippen LogP contribution in [0.4, 0.5) is 0 Å². The molecule has 0 aromatic heterocycles. The summed E-state index contributed by atoms with van der Waals surface area (Å²) >= 11 is 9.53. The fraction of sp³-hybridized carbons (Fsp3) is 0.0714. The van der Waals surface area contributed by atoms with Crippen molar-refractivity contribution in [2.75, 3.05) is 0 Å². The van der Waals surface area contributed by atoms with Gasteiger partial charge in [0.15, 0.2) is 5.78 Å². The van der Waals surface area contributed by atoms with Gasteiger partial charge in [0.05, 0.1) is 4.91 Å². The number of aryl methyl sites for hydroxylation is 1. The van der Waals surface area contributed by atoms with E-state index in [1.54, 1.807) is 48.5 Å². The summed E-state index contributed by atoms with van der Waals surface area (Å²) in [6, 6.07) is 24.0. The molecule has 3 aromatic rings. The number of nitrogens with one attached hydrogen (secondary N) is 3. The monoisotopic (exact) mass is 593 g/mol. The van der Waals surface area contributed by atoms with Crippen molar-refractivity contribution in [3.05, 3.63) is 123 Å². The van der Waals surface area contributed by atoms with Crippen molar-refractivity contribution >= 4 is 67.9 Å². The largest absolute Gasteiger partial charge is 0.307 e. The van der Waals surface area contributed by atoms with Gasteiger partial charge in [-0.15, -0.1) is 0 Å². The molecule has 0 atom stereocenters. The molecule has 0 saturated carbocycles. The lowest BCUT2D eigenvalue weighted by atomic mass is 10.1. The Hall–Kier alpha value is -3.53. The summed E-state index contributed by atoms with van der Waals surface area (Å²) in [5.74, 6) is -0.519. The summed E-state index contributed by atoms with van der Waals surface area (Å²) in [6.07, 6.45) is 5.64. The van der Waals surface area contributed by atoms with Crippen molar-refractivity contribution in [3.63, 3.8) is 0 Å². The molecule has 1 aliphatic rings. The number of benzene rings is 3. The number of allylic oxidation sites excluding steroid dienone is 1. The van der Waals surface area contributed by atoms with E-state index in [0.29, 0.717) is 20.4 Å². The zero-order chi connectivity index (χ0) is 26.6. The van der Waals surface area contributed by atoms with Gasteiger partial charge in [0.25, 0.3) is 11.8 Å². The van der Waals surface area contributed by atoms with Crippen LogP contribution in [-0.2, 0) is 11.2 Å². The second-order valence-electron chi connectivity index (χ2n) is 7.62. The lowest BCUT2D eigenvalue weighted by molar-refractivity contribution is -0.115. The zero-order valence-corrected chi connectivity index (χ0v) is 23.1. The number of thioether (sulfide) groups is 1. The fourth-order valence-corrected chi connectivity index (χ4v) is 4.33. The number of carbonyl (C=O) groups excluding carboxylic acids is 3. The lowest BCUT2D eigenvalue weighted by Crippen LogP contribution is -2.33. The molecule has 1 fully saturated rings. The van der Waals surface area contributed by atoms with Crippen molar-refractivity contribution < 1.29 is 14.4 Å². The average molecular weight is 595 g/mol. The third kappa shape index (κ3) is 9.13. The van der Waals surface area contributed by atoms with Gasteiger partial charge in [0.2, 0.25) is 0 Å². The van der Waals surface area contributed by atoms with Gasteiger partial charge in [-0.1, -0.05) is 101 Å². The van der Waals surface area contributed by atoms with Crippen LogP contribution < -0.4 is 16.2 Å². The van der Waals surface area contributed by atoms with Crippen LogP contribution in [0, 0.1) is 0 Å². The van der Waals surface area contributed by atoms with Gasteiger partial charge in [-0.25, -0.2) is 0 Å². The Labute approximate surface area is 233 Å². The average Bonchev–Trinajstić information content (AvgIpc) is 3.24. The first-order valence-electron chi connectivity index (χ1n) is 11.3. The van der Waals surface area contributed by atoms with Crippen LogP contribution in [0.5, 0.6) is 0 Å². The van der Waals surface area contributed by atoms with E-state index in [1.807, 2.05) is 24.3 Å². The Kier molecular flexibility index (Phi) is 10.8. The number of ketones is 1. The van der Waals surface area contributed by atoms with E-state index >= 15 is 0 Å². The SMILES string of the molecule is CCc1ccc(C=C2SC(=S)NC2=O)cc1.O=C(C=CNNC(=O)c1ccc(Br)cc1)c1ccccc1. The maximum Gasteiger partial charge on any atom is 0.269 e. The highest BCUT2D eigenvalue weighted by molar-refractivity contribution is 9.10. The number of hydrogen-bond donors (Lipinski definition) is 3. The highest BCUT2D eigenvalue weighted by Crippen LogP contribution is 2.25. The first-order valence-corrected chi connectivity index (χ1v) is 13.3. The van der Waals surface area contributed by atoms with Gasteiger partial charge < -0.3 is 10.7 Å². The van der Waals surface area contributed by atoms with Crippen molar-refractivity contribution in [2.24, 2.45) is 0 Å². The number of hydrazine groups is 1. The number of halogens is 1. The van der Waals surface area contributed by atoms with Gasteiger partial charge in [0, 0.05) is 27.9 Å². The van der Waals surface area contributed by atoms with E-state index in [-0.39, 0.29) is 17.6 Å². The number of hydrogen-bond acceptors (Lipinski definition) is 6. The Bertz CT molecular complexity index is 1320. The van der Waals surface area contributed by atoms with Crippen LogP contribution in [0.1, 0.15) is 38.8 Å². The van der Waals surface area contributed by atoms with Crippen molar-refractivity contribution in [3.8, 4) is 0 Å². The molecule has 6 nitrogen and oxygen atoms in total. The molecular formula is C28H24BrN3O3S2. The summed E-state index contributed by atoms with van der Waals surface area (Å²) < 4.78 is 1.43. The first-order chi connectivity index (χ1) is 17.9. The molecule has 0 unspecified atom stereocenters. The fourth-order valence-electron chi connectivity index (χ4n) is 3.02. The molecule has 0 bridgehead atoms. The molecule has 37 heavy (non-hydrogen) atoms. The summed E-state index contributed by atoms with van der Waals surface area (Å²) in [5, 5.41) is 2.60. The van der Waals surface area contributed by atoms with Crippen LogP contribution >= 0.6 is 39.9 Å². The lowest BCUT2D eigenvalue weighted by Gasteiger charge is -2.04. The van der Waals surface area contributed by atoms with Crippen LogP contribution in [0.15, 0.2) is 101 Å². The van der Waals surface area contributed by atoms with Gasteiger partial charge in [-0.2, -0.15) is 0 Å². The molecular weight excluding hydrogens is 570 g/mol. The summed E-state index contributed by atoms with van der Waals surface area (Å²) in [5.41, 5.74) is 8.50. The predicted octanol–water partition coefficient (Wildman–Crippen LogP) is 5.82. The second-order valence-corrected chi connectivity index (χ2v) is 10.3.